The van der Waals surface area contributed by atoms with Crippen LogP contribution in [0.2, 0.25) is 0 Å². The molecule has 1 atom stereocenters. The van der Waals surface area contributed by atoms with E-state index in [1.165, 1.54) is 0 Å². The second kappa shape index (κ2) is 5.70. The van der Waals surface area contributed by atoms with Gasteiger partial charge >= 0.3 is 0 Å². The molecule has 1 aliphatic heterocycles. The van der Waals surface area contributed by atoms with Gasteiger partial charge in [0, 0.05) is 13.2 Å². The van der Waals surface area contributed by atoms with Crippen LogP contribution in [0.25, 0.3) is 0 Å². The van der Waals surface area contributed by atoms with Crippen LogP contribution in [0.3, 0.4) is 0 Å². The van der Waals surface area contributed by atoms with Crippen molar-refractivity contribution in [1.29, 1.82) is 0 Å². The largest absolute Gasteiger partial charge is 0.485 e. The number of nitrogens with one attached hydrogen (secondary N) is 1. The molecule has 0 aliphatic carbocycles. The van der Waals surface area contributed by atoms with Gasteiger partial charge in [-0.1, -0.05) is 12.1 Å². The first kappa shape index (κ1) is 13.2. The van der Waals surface area contributed by atoms with Crippen LogP contribution in [0.15, 0.2) is 47.7 Å². The van der Waals surface area contributed by atoms with Crippen molar-refractivity contribution in [3.63, 3.8) is 0 Å². The van der Waals surface area contributed by atoms with Crippen LogP contribution in [0.4, 0.5) is 0 Å². The average Bonchev–Trinajstić information content (AvgIpc) is 2.92. The van der Waals surface area contributed by atoms with E-state index in [0.29, 0.717) is 11.5 Å². The summed E-state index contributed by atoms with van der Waals surface area (Å²) in [6, 6.07) is 11.0. The highest BCUT2D eigenvalue weighted by Gasteiger charge is 2.26. The predicted molar refractivity (Wildman–Crippen MR) is 77.5 cm³/mol. The molecule has 2 aromatic rings. The molecule has 108 valence electrons. The number of rotatable bonds is 3. The van der Waals surface area contributed by atoms with Crippen molar-refractivity contribution in [3.8, 4) is 11.5 Å². The molecule has 0 radical (unpaired) electrons. The molecular weight excluding hydrogens is 270 g/mol. The summed E-state index contributed by atoms with van der Waals surface area (Å²) in [6.45, 7) is 0.169. The molecule has 1 aromatic carbocycles. The van der Waals surface area contributed by atoms with E-state index < -0.39 is 6.10 Å². The fourth-order valence-corrected chi connectivity index (χ4v) is 1.99. The number of carbonyl (C=O) groups excluding carboxylic acids is 1. The Balaban J connectivity index is 1.60. The van der Waals surface area contributed by atoms with Gasteiger partial charge in [0.15, 0.2) is 11.5 Å². The lowest BCUT2D eigenvalue weighted by Crippen LogP contribution is -2.42. The molecule has 3 rings (SSSR count). The fourth-order valence-electron chi connectivity index (χ4n) is 1.99. The van der Waals surface area contributed by atoms with Crippen molar-refractivity contribution in [2.24, 2.45) is 12.1 Å². The van der Waals surface area contributed by atoms with Crippen molar-refractivity contribution in [2.75, 3.05) is 6.61 Å². The number of aryl methyl sites for hydroxylation is 1. The molecule has 6 heteroatoms. The van der Waals surface area contributed by atoms with Gasteiger partial charge in [-0.3, -0.25) is 4.79 Å². The Morgan fingerprint density at radius 1 is 1.33 bits per heavy atom. The highest BCUT2D eigenvalue weighted by atomic mass is 16.6. The van der Waals surface area contributed by atoms with Crippen molar-refractivity contribution in [3.05, 3.63) is 48.3 Å². The molecule has 0 unspecified atom stereocenters. The van der Waals surface area contributed by atoms with Gasteiger partial charge in [0.2, 0.25) is 6.10 Å². The predicted octanol–water partition coefficient (Wildman–Crippen LogP) is 1.32. The maximum absolute atomic E-state index is 12.0. The van der Waals surface area contributed by atoms with E-state index in [9.17, 15) is 4.79 Å². The number of hydrogen-bond donors (Lipinski definition) is 1. The van der Waals surface area contributed by atoms with Gasteiger partial charge in [-0.2, -0.15) is 5.10 Å². The number of para-hydroxylation sites is 2. The number of carbonyl (C=O) groups is 1. The van der Waals surface area contributed by atoms with E-state index in [-0.39, 0.29) is 12.5 Å². The number of benzene rings is 1. The summed E-state index contributed by atoms with van der Waals surface area (Å²) in [4.78, 5) is 12.0. The molecule has 1 amide bonds. The highest BCUT2D eigenvalue weighted by Crippen LogP contribution is 2.30. The molecule has 0 bridgehead atoms. The summed E-state index contributed by atoms with van der Waals surface area (Å²) in [5.74, 6) is 0.874. The molecule has 1 aromatic heterocycles. The first-order chi connectivity index (χ1) is 10.2. The maximum atomic E-state index is 12.0. The van der Waals surface area contributed by atoms with Gasteiger partial charge in [0.1, 0.15) is 6.61 Å². The van der Waals surface area contributed by atoms with Gasteiger partial charge in [-0.05, 0) is 24.3 Å². The van der Waals surface area contributed by atoms with Crippen molar-refractivity contribution in [1.82, 2.24) is 9.99 Å². The molecule has 0 saturated heterocycles. The number of ether oxygens (including phenoxy) is 2. The molecule has 6 nitrogen and oxygen atoms in total. The molecular formula is C15H15N3O3. The van der Waals surface area contributed by atoms with Crippen LogP contribution in [-0.2, 0) is 11.8 Å². The van der Waals surface area contributed by atoms with Gasteiger partial charge in [-0.25, -0.2) is 5.43 Å². The van der Waals surface area contributed by atoms with Crippen LogP contribution >= 0.6 is 0 Å². The van der Waals surface area contributed by atoms with Crippen molar-refractivity contribution < 1.29 is 14.3 Å². The highest BCUT2D eigenvalue weighted by molar-refractivity contribution is 5.84. The second-order valence-electron chi connectivity index (χ2n) is 4.64. The van der Waals surface area contributed by atoms with Crippen LogP contribution in [-0.4, -0.2) is 29.4 Å². The number of nitrogens with zero attached hydrogens (tertiary/aromatic N) is 2. The van der Waals surface area contributed by atoms with E-state index in [1.807, 2.05) is 42.1 Å². The van der Waals surface area contributed by atoms with Crippen molar-refractivity contribution >= 4 is 12.1 Å². The Bertz CT molecular complexity index is 678. The average molecular weight is 285 g/mol. The number of aromatic nitrogens is 1. The molecule has 2 heterocycles. The fraction of sp³-hybridized carbons (Fsp3) is 0.200. The van der Waals surface area contributed by atoms with Gasteiger partial charge in [-0.15, -0.1) is 0 Å². The molecule has 0 saturated carbocycles. The maximum Gasteiger partial charge on any atom is 0.284 e. The van der Waals surface area contributed by atoms with Crippen LogP contribution in [0, 0.1) is 0 Å². The van der Waals surface area contributed by atoms with Crippen LogP contribution in [0.5, 0.6) is 11.5 Å². The number of hydrazone groups is 1. The van der Waals surface area contributed by atoms with E-state index in [2.05, 4.69) is 10.5 Å². The second-order valence-corrected chi connectivity index (χ2v) is 4.64. The quantitative estimate of drug-likeness (QED) is 0.683. The lowest BCUT2D eigenvalue weighted by Gasteiger charge is -2.24. The SMILES string of the molecule is Cn1cccc1C=NNC(=O)[C@H]1COc2ccccc2O1. The smallest absolute Gasteiger partial charge is 0.284 e. The molecule has 1 aliphatic rings. The van der Waals surface area contributed by atoms with E-state index in [1.54, 1.807) is 18.3 Å². The minimum Gasteiger partial charge on any atom is -0.485 e. The zero-order valence-corrected chi connectivity index (χ0v) is 11.5. The van der Waals surface area contributed by atoms with Crippen LogP contribution < -0.4 is 14.9 Å². The van der Waals surface area contributed by atoms with Gasteiger partial charge in [0.25, 0.3) is 5.91 Å². The third kappa shape index (κ3) is 2.89. The Morgan fingerprint density at radius 3 is 2.90 bits per heavy atom. The third-order valence-electron chi connectivity index (χ3n) is 3.16. The minimum atomic E-state index is -0.703. The van der Waals surface area contributed by atoms with Gasteiger partial charge in [0.05, 0.1) is 11.9 Å². The normalized spacial score (nSPS) is 16.9. The summed E-state index contributed by atoms with van der Waals surface area (Å²) in [6.07, 6.45) is 2.78. The molecule has 0 spiro atoms. The summed E-state index contributed by atoms with van der Waals surface area (Å²) < 4.78 is 13.0. The molecule has 21 heavy (non-hydrogen) atoms. The topological polar surface area (TPSA) is 64.9 Å². The minimum absolute atomic E-state index is 0.169. The number of fused-ring (bicyclic) bond motifs is 1. The standard InChI is InChI=1S/C15H15N3O3/c1-18-8-4-5-11(18)9-16-17-15(19)14-10-20-12-6-2-3-7-13(12)21-14/h2-9,14H,10H2,1H3,(H,17,19)/t14-/m1/s1. The third-order valence-corrected chi connectivity index (χ3v) is 3.16. The summed E-state index contributed by atoms with van der Waals surface area (Å²) >= 11 is 0. The monoisotopic (exact) mass is 285 g/mol. The van der Waals surface area contributed by atoms with E-state index in [0.717, 1.165) is 5.69 Å². The van der Waals surface area contributed by atoms with E-state index in [4.69, 9.17) is 9.47 Å². The van der Waals surface area contributed by atoms with Gasteiger partial charge < -0.3 is 14.0 Å². The number of amides is 1. The summed E-state index contributed by atoms with van der Waals surface area (Å²) in [7, 11) is 1.90. The lowest BCUT2D eigenvalue weighted by molar-refractivity contribution is -0.130. The lowest BCUT2D eigenvalue weighted by atomic mass is 10.2. The summed E-state index contributed by atoms with van der Waals surface area (Å²) in [5, 5.41) is 3.92. The number of hydrogen-bond acceptors (Lipinski definition) is 4. The Morgan fingerprint density at radius 2 is 2.14 bits per heavy atom. The van der Waals surface area contributed by atoms with E-state index >= 15 is 0 Å². The van der Waals surface area contributed by atoms with Crippen LogP contribution in [0.1, 0.15) is 5.69 Å². The summed E-state index contributed by atoms with van der Waals surface area (Å²) in [5.41, 5.74) is 3.35. The first-order valence-electron chi connectivity index (χ1n) is 6.57. The molecule has 1 N–H and O–H groups in total. The zero-order chi connectivity index (χ0) is 14.7. The molecule has 0 fully saturated rings. The Kier molecular flexibility index (Phi) is 3.59. The Labute approximate surface area is 122 Å². The zero-order valence-electron chi connectivity index (χ0n) is 11.5. The van der Waals surface area contributed by atoms with Crippen molar-refractivity contribution in [2.45, 2.75) is 6.10 Å². The first-order valence-corrected chi connectivity index (χ1v) is 6.57. The Hall–Kier alpha value is -2.76.